The number of aryl methyl sites for hydroxylation is 1. The predicted molar refractivity (Wildman–Crippen MR) is 83.7 cm³/mol. The van der Waals surface area contributed by atoms with Crippen molar-refractivity contribution in [3.8, 4) is 0 Å². The van der Waals surface area contributed by atoms with Crippen molar-refractivity contribution in [2.45, 2.75) is 19.4 Å². The summed E-state index contributed by atoms with van der Waals surface area (Å²) in [5, 5.41) is 4.81. The third kappa shape index (κ3) is 2.83. The van der Waals surface area contributed by atoms with Crippen molar-refractivity contribution in [3.05, 3.63) is 51.7 Å². The Labute approximate surface area is 127 Å². The largest absolute Gasteiger partial charge is 0.347 e. The number of rotatable bonds is 3. The van der Waals surface area contributed by atoms with Gasteiger partial charge in [-0.3, -0.25) is 9.59 Å². The molecule has 1 aromatic heterocycles. The molecule has 3 rings (SSSR count). The van der Waals surface area contributed by atoms with Crippen molar-refractivity contribution in [1.29, 1.82) is 0 Å². The highest BCUT2D eigenvalue weighted by molar-refractivity contribution is 7.12. The van der Waals surface area contributed by atoms with Gasteiger partial charge in [0.05, 0.1) is 4.88 Å². The Kier molecular flexibility index (Phi) is 3.75. The highest BCUT2D eigenvalue weighted by Gasteiger charge is 2.20. The van der Waals surface area contributed by atoms with E-state index < -0.39 is 0 Å². The van der Waals surface area contributed by atoms with Crippen LogP contribution < -0.4 is 10.2 Å². The standard InChI is InChI=1S/C16H16N2O2S/c1-18-13-6-4-11(9-12(13)5-7-15(18)19)10-17-16(20)14-3-2-8-21-14/h2-4,6,8-9H,5,7,10H2,1H3,(H,17,20). The molecule has 0 fully saturated rings. The average Bonchev–Trinajstić information content (AvgIpc) is 3.03. The molecule has 0 radical (unpaired) electrons. The zero-order valence-corrected chi connectivity index (χ0v) is 12.6. The molecule has 0 saturated heterocycles. The number of nitrogens with one attached hydrogen (secondary N) is 1. The fourth-order valence-electron chi connectivity index (χ4n) is 2.50. The first-order chi connectivity index (χ1) is 10.1. The fraction of sp³-hybridized carbons (Fsp3) is 0.250. The monoisotopic (exact) mass is 300 g/mol. The number of thiophene rings is 1. The minimum Gasteiger partial charge on any atom is -0.347 e. The van der Waals surface area contributed by atoms with Crippen molar-refractivity contribution in [3.63, 3.8) is 0 Å². The van der Waals surface area contributed by atoms with E-state index in [2.05, 4.69) is 11.4 Å². The molecule has 1 aliphatic heterocycles. The summed E-state index contributed by atoms with van der Waals surface area (Å²) >= 11 is 1.43. The lowest BCUT2D eigenvalue weighted by atomic mass is 9.99. The van der Waals surface area contributed by atoms with Crippen LogP contribution in [0.25, 0.3) is 0 Å². The lowest BCUT2D eigenvalue weighted by Crippen LogP contribution is -2.31. The van der Waals surface area contributed by atoms with Gasteiger partial charge in [-0.05, 0) is 35.1 Å². The molecular formula is C16H16N2O2S. The van der Waals surface area contributed by atoms with Crippen molar-refractivity contribution >= 4 is 28.8 Å². The number of fused-ring (bicyclic) bond motifs is 1. The first kappa shape index (κ1) is 13.8. The van der Waals surface area contributed by atoms with Gasteiger partial charge < -0.3 is 10.2 Å². The van der Waals surface area contributed by atoms with Gasteiger partial charge in [0.2, 0.25) is 5.91 Å². The van der Waals surface area contributed by atoms with Gasteiger partial charge in [-0.1, -0.05) is 18.2 Å². The van der Waals surface area contributed by atoms with E-state index in [1.165, 1.54) is 16.9 Å². The SMILES string of the molecule is CN1C(=O)CCc2cc(CNC(=O)c3cccs3)ccc21. The molecular weight excluding hydrogens is 284 g/mol. The molecule has 2 aromatic rings. The molecule has 108 valence electrons. The quantitative estimate of drug-likeness (QED) is 0.947. The predicted octanol–water partition coefficient (Wildman–Crippen LogP) is 2.59. The number of carbonyl (C=O) groups excluding carboxylic acids is 2. The first-order valence-corrected chi connectivity index (χ1v) is 7.73. The maximum absolute atomic E-state index is 11.9. The fourth-order valence-corrected chi connectivity index (χ4v) is 3.14. The Morgan fingerprint density at radius 2 is 2.19 bits per heavy atom. The summed E-state index contributed by atoms with van der Waals surface area (Å²) in [5.41, 5.74) is 3.20. The maximum atomic E-state index is 11.9. The Bertz CT molecular complexity index is 680. The second-order valence-corrected chi connectivity index (χ2v) is 6.02. The summed E-state index contributed by atoms with van der Waals surface area (Å²) in [6.07, 6.45) is 1.32. The third-order valence-corrected chi connectivity index (χ3v) is 4.55. The number of nitrogens with zero attached hydrogens (tertiary/aromatic N) is 1. The molecule has 2 amide bonds. The van der Waals surface area contributed by atoms with Gasteiger partial charge in [-0.25, -0.2) is 0 Å². The highest BCUT2D eigenvalue weighted by Crippen LogP contribution is 2.27. The van der Waals surface area contributed by atoms with Crippen LogP contribution in [0, 0.1) is 0 Å². The summed E-state index contributed by atoms with van der Waals surface area (Å²) in [6, 6.07) is 9.67. The average molecular weight is 300 g/mol. The van der Waals surface area contributed by atoms with Crippen molar-refractivity contribution in [2.24, 2.45) is 0 Å². The van der Waals surface area contributed by atoms with Gasteiger partial charge in [0.15, 0.2) is 0 Å². The number of hydrogen-bond acceptors (Lipinski definition) is 3. The van der Waals surface area contributed by atoms with E-state index in [9.17, 15) is 9.59 Å². The summed E-state index contributed by atoms with van der Waals surface area (Å²) < 4.78 is 0. The van der Waals surface area contributed by atoms with Crippen LogP contribution in [0.1, 0.15) is 27.2 Å². The first-order valence-electron chi connectivity index (χ1n) is 6.85. The Morgan fingerprint density at radius 3 is 2.95 bits per heavy atom. The molecule has 4 nitrogen and oxygen atoms in total. The Hall–Kier alpha value is -2.14. The minimum atomic E-state index is -0.0463. The van der Waals surface area contributed by atoms with Crippen LogP contribution in [0.3, 0.4) is 0 Å². The van der Waals surface area contributed by atoms with Gasteiger partial charge >= 0.3 is 0 Å². The number of hydrogen-bond donors (Lipinski definition) is 1. The van der Waals surface area contributed by atoms with Gasteiger partial charge in [0.25, 0.3) is 5.91 Å². The van der Waals surface area contributed by atoms with E-state index in [-0.39, 0.29) is 11.8 Å². The van der Waals surface area contributed by atoms with Crippen molar-refractivity contribution in [1.82, 2.24) is 5.32 Å². The van der Waals surface area contributed by atoms with Crippen LogP contribution in [0.4, 0.5) is 5.69 Å². The Balaban J connectivity index is 1.70. The summed E-state index contributed by atoms with van der Waals surface area (Å²) in [5.74, 6) is 0.108. The van der Waals surface area contributed by atoms with E-state index in [1.54, 1.807) is 11.9 Å². The molecule has 5 heteroatoms. The number of amides is 2. The molecule has 2 heterocycles. The molecule has 0 aliphatic carbocycles. The van der Waals surface area contributed by atoms with Crippen LogP contribution >= 0.6 is 11.3 Å². The zero-order chi connectivity index (χ0) is 14.8. The second kappa shape index (κ2) is 5.69. The van der Waals surface area contributed by atoms with E-state index in [0.29, 0.717) is 13.0 Å². The molecule has 0 saturated carbocycles. The number of anilines is 1. The Morgan fingerprint density at radius 1 is 1.33 bits per heavy atom. The normalized spacial score (nSPS) is 14.0. The molecule has 0 spiro atoms. The smallest absolute Gasteiger partial charge is 0.261 e. The molecule has 1 aliphatic rings. The maximum Gasteiger partial charge on any atom is 0.261 e. The molecule has 1 N–H and O–H groups in total. The van der Waals surface area contributed by atoms with Crippen LogP contribution in [0.15, 0.2) is 35.7 Å². The van der Waals surface area contributed by atoms with E-state index in [4.69, 9.17) is 0 Å². The van der Waals surface area contributed by atoms with Gasteiger partial charge in [-0.15, -0.1) is 11.3 Å². The second-order valence-electron chi connectivity index (χ2n) is 5.08. The van der Waals surface area contributed by atoms with Crippen LogP contribution in [-0.4, -0.2) is 18.9 Å². The van der Waals surface area contributed by atoms with E-state index >= 15 is 0 Å². The summed E-state index contributed by atoms with van der Waals surface area (Å²) in [4.78, 5) is 26.0. The number of carbonyl (C=O) groups is 2. The molecule has 0 atom stereocenters. The van der Waals surface area contributed by atoms with Gasteiger partial charge in [0, 0.05) is 25.7 Å². The lowest BCUT2D eigenvalue weighted by molar-refractivity contribution is -0.118. The minimum absolute atomic E-state index is 0.0463. The zero-order valence-electron chi connectivity index (χ0n) is 11.8. The van der Waals surface area contributed by atoms with E-state index in [1.807, 2.05) is 29.6 Å². The van der Waals surface area contributed by atoms with Crippen molar-refractivity contribution < 1.29 is 9.59 Å². The summed E-state index contributed by atoms with van der Waals surface area (Å²) in [7, 11) is 1.80. The van der Waals surface area contributed by atoms with Gasteiger partial charge in [0.1, 0.15) is 0 Å². The van der Waals surface area contributed by atoms with Crippen LogP contribution in [0.5, 0.6) is 0 Å². The summed E-state index contributed by atoms with van der Waals surface area (Å²) in [6.45, 7) is 0.502. The molecule has 21 heavy (non-hydrogen) atoms. The van der Waals surface area contributed by atoms with Crippen LogP contribution in [0.2, 0.25) is 0 Å². The highest BCUT2D eigenvalue weighted by atomic mass is 32.1. The molecule has 0 unspecified atom stereocenters. The third-order valence-electron chi connectivity index (χ3n) is 3.69. The molecule has 1 aromatic carbocycles. The molecule has 0 bridgehead atoms. The lowest BCUT2D eigenvalue weighted by Gasteiger charge is -2.26. The van der Waals surface area contributed by atoms with Crippen LogP contribution in [-0.2, 0) is 17.8 Å². The van der Waals surface area contributed by atoms with Gasteiger partial charge in [-0.2, -0.15) is 0 Å². The van der Waals surface area contributed by atoms with E-state index in [0.717, 1.165) is 22.5 Å². The number of benzene rings is 1. The van der Waals surface area contributed by atoms with Crippen molar-refractivity contribution in [2.75, 3.05) is 11.9 Å². The topological polar surface area (TPSA) is 49.4 Å².